The molecule has 0 spiro atoms. The molecule has 6 heteroatoms. The van der Waals surface area contributed by atoms with E-state index in [0.29, 0.717) is 12.4 Å². The molecule has 0 N–H and O–H groups in total. The zero-order valence-electron chi connectivity index (χ0n) is 15.3. The molecule has 0 saturated carbocycles. The predicted molar refractivity (Wildman–Crippen MR) is 101 cm³/mol. The molecule has 0 bridgehead atoms. The van der Waals surface area contributed by atoms with Gasteiger partial charge in [-0.25, -0.2) is 4.79 Å². The van der Waals surface area contributed by atoms with Crippen LogP contribution in [0.25, 0.3) is 0 Å². The lowest BCUT2D eigenvalue weighted by atomic mass is 10.1. The molecule has 28 heavy (non-hydrogen) atoms. The van der Waals surface area contributed by atoms with E-state index < -0.39 is 12.0 Å². The number of β-lactam (4-membered cyclic amide) rings is 1. The van der Waals surface area contributed by atoms with Crippen molar-refractivity contribution in [2.24, 2.45) is 0 Å². The Morgan fingerprint density at radius 2 is 1.68 bits per heavy atom. The van der Waals surface area contributed by atoms with Crippen molar-refractivity contribution in [3.05, 3.63) is 83.6 Å². The van der Waals surface area contributed by atoms with Crippen molar-refractivity contribution in [2.75, 3.05) is 6.61 Å². The van der Waals surface area contributed by atoms with Crippen molar-refractivity contribution >= 4 is 11.9 Å². The Morgan fingerprint density at radius 3 is 2.32 bits per heavy atom. The second-order valence-electron chi connectivity index (χ2n) is 6.68. The fourth-order valence-corrected chi connectivity index (χ4v) is 3.26. The van der Waals surface area contributed by atoms with E-state index in [-0.39, 0.29) is 31.8 Å². The van der Waals surface area contributed by atoms with Crippen molar-refractivity contribution in [1.29, 1.82) is 0 Å². The summed E-state index contributed by atoms with van der Waals surface area (Å²) in [5, 5.41) is 0. The molecule has 2 saturated heterocycles. The van der Waals surface area contributed by atoms with Crippen LogP contribution in [0.4, 0.5) is 0 Å². The third-order valence-corrected chi connectivity index (χ3v) is 4.73. The van der Waals surface area contributed by atoms with Gasteiger partial charge in [0.2, 0.25) is 5.91 Å². The maximum absolute atomic E-state index is 12.6. The van der Waals surface area contributed by atoms with Gasteiger partial charge in [-0.2, -0.15) is 0 Å². The van der Waals surface area contributed by atoms with Crippen LogP contribution in [0.2, 0.25) is 0 Å². The molecule has 0 aromatic heterocycles. The van der Waals surface area contributed by atoms with Crippen LogP contribution >= 0.6 is 0 Å². The number of carbonyl (C=O) groups excluding carboxylic acids is 2. The normalized spacial score (nSPS) is 21.8. The van der Waals surface area contributed by atoms with Crippen LogP contribution in [0.1, 0.15) is 17.5 Å². The molecule has 0 aliphatic carbocycles. The van der Waals surface area contributed by atoms with E-state index >= 15 is 0 Å². The van der Waals surface area contributed by atoms with E-state index in [1.54, 1.807) is 6.08 Å². The van der Waals surface area contributed by atoms with Crippen LogP contribution < -0.4 is 0 Å². The number of hydrogen-bond acceptors (Lipinski definition) is 5. The van der Waals surface area contributed by atoms with Gasteiger partial charge in [0.25, 0.3) is 0 Å². The maximum Gasteiger partial charge on any atom is 0.337 e. The molecule has 0 radical (unpaired) electrons. The molecule has 4 rings (SSSR count). The Hall–Kier alpha value is -3.12. The van der Waals surface area contributed by atoms with E-state index in [9.17, 15) is 9.59 Å². The van der Waals surface area contributed by atoms with E-state index in [2.05, 4.69) is 0 Å². The fourth-order valence-electron chi connectivity index (χ4n) is 3.26. The predicted octanol–water partition coefficient (Wildman–Crippen LogP) is 2.79. The monoisotopic (exact) mass is 379 g/mol. The first-order valence-electron chi connectivity index (χ1n) is 9.22. The van der Waals surface area contributed by atoms with Crippen molar-refractivity contribution in [2.45, 2.75) is 31.9 Å². The number of hydrogen-bond donors (Lipinski definition) is 0. The Labute approximate surface area is 163 Å². The highest BCUT2D eigenvalue weighted by Gasteiger charge is 2.54. The SMILES string of the molecule is O=C(OCc1ccccc1)C1C(=CCOCc2ccccc2)OC2CC(=O)N21. The van der Waals surface area contributed by atoms with Crippen LogP contribution in [0.15, 0.2) is 72.5 Å². The number of fused-ring (bicyclic) bond motifs is 1. The molecule has 2 fully saturated rings. The number of esters is 1. The Bertz CT molecular complexity index is 865. The molecule has 2 aliphatic heterocycles. The molecule has 2 atom stereocenters. The second-order valence-corrected chi connectivity index (χ2v) is 6.68. The van der Waals surface area contributed by atoms with Crippen molar-refractivity contribution < 1.29 is 23.8 Å². The van der Waals surface area contributed by atoms with Gasteiger partial charge in [-0.3, -0.25) is 9.69 Å². The van der Waals surface area contributed by atoms with Gasteiger partial charge in [0.1, 0.15) is 12.4 Å². The molecule has 2 aliphatic rings. The zero-order chi connectivity index (χ0) is 19.3. The van der Waals surface area contributed by atoms with Crippen molar-refractivity contribution in [1.82, 2.24) is 4.90 Å². The van der Waals surface area contributed by atoms with Crippen LogP contribution in [-0.4, -0.2) is 35.7 Å². The Morgan fingerprint density at radius 1 is 1.04 bits per heavy atom. The van der Waals surface area contributed by atoms with E-state index in [1.807, 2.05) is 60.7 Å². The highest BCUT2D eigenvalue weighted by molar-refractivity contribution is 5.91. The second kappa shape index (κ2) is 8.27. The van der Waals surface area contributed by atoms with E-state index in [1.165, 1.54) is 4.90 Å². The minimum Gasteiger partial charge on any atom is -0.472 e. The van der Waals surface area contributed by atoms with Crippen molar-refractivity contribution in [3.8, 4) is 0 Å². The third kappa shape index (κ3) is 3.92. The van der Waals surface area contributed by atoms with Gasteiger partial charge in [0.15, 0.2) is 12.3 Å². The largest absolute Gasteiger partial charge is 0.472 e. The van der Waals surface area contributed by atoms with E-state index in [4.69, 9.17) is 14.2 Å². The lowest BCUT2D eigenvalue weighted by molar-refractivity contribution is -0.166. The molecule has 2 aromatic carbocycles. The number of benzene rings is 2. The molecule has 2 unspecified atom stereocenters. The molecule has 2 heterocycles. The van der Waals surface area contributed by atoms with Crippen LogP contribution in [0.5, 0.6) is 0 Å². The standard InChI is InChI=1S/C22H21NO5/c24-19-13-20-23(19)21(22(25)27-15-17-9-5-2-6-10-17)18(28-20)11-12-26-14-16-7-3-1-4-8-16/h1-11,20-21H,12-15H2. The highest BCUT2D eigenvalue weighted by Crippen LogP contribution is 2.36. The Balaban J connectivity index is 1.37. The summed E-state index contributed by atoms with van der Waals surface area (Å²) in [6, 6.07) is 18.4. The summed E-state index contributed by atoms with van der Waals surface area (Å²) in [6.07, 6.45) is 1.61. The first-order valence-corrected chi connectivity index (χ1v) is 9.22. The molecular weight excluding hydrogens is 358 g/mol. The number of carbonyl (C=O) groups is 2. The quantitative estimate of drug-likeness (QED) is 0.421. The van der Waals surface area contributed by atoms with Gasteiger partial charge >= 0.3 is 5.97 Å². The summed E-state index contributed by atoms with van der Waals surface area (Å²) in [5.74, 6) is -0.184. The summed E-state index contributed by atoms with van der Waals surface area (Å²) in [5.41, 5.74) is 1.95. The maximum atomic E-state index is 12.6. The van der Waals surface area contributed by atoms with Gasteiger partial charge in [0, 0.05) is 0 Å². The molecule has 144 valence electrons. The van der Waals surface area contributed by atoms with Gasteiger partial charge in [-0.15, -0.1) is 0 Å². The third-order valence-electron chi connectivity index (χ3n) is 4.73. The first-order chi connectivity index (χ1) is 13.7. The summed E-state index contributed by atoms with van der Waals surface area (Å²) in [6.45, 7) is 0.891. The van der Waals surface area contributed by atoms with Crippen LogP contribution in [-0.2, 0) is 37.0 Å². The summed E-state index contributed by atoms with van der Waals surface area (Å²) < 4.78 is 16.8. The highest BCUT2D eigenvalue weighted by atomic mass is 16.6. The number of nitrogens with zero attached hydrogens (tertiary/aromatic N) is 1. The smallest absolute Gasteiger partial charge is 0.337 e. The average Bonchev–Trinajstić information content (AvgIpc) is 3.03. The summed E-state index contributed by atoms with van der Waals surface area (Å²) >= 11 is 0. The zero-order valence-corrected chi connectivity index (χ0v) is 15.3. The van der Waals surface area contributed by atoms with Crippen molar-refractivity contribution in [3.63, 3.8) is 0 Å². The number of ether oxygens (including phenoxy) is 3. The topological polar surface area (TPSA) is 65.1 Å². The summed E-state index contributed by atoms with van der Waals surface area (Å²) in [4.78, 5) is 26.0. The summed E-state index contributed by atoms with van der Waals surface area (Å²) in [7, 11) is 0. The minimum absolute atomic E-state index is 0.111. The lowest BCUT2D eigenvalue weighted by Crippen LogP contribution is -2.55. The molecule has 1 amide bonds. The van der Waals surface area contributed by atoms with E-state index in [0.717, 1.165) is 11.1 Å². The number of amides is 1. The van der Waals surface area contributed by atoms with Crippen LogP contribution in [0.3, 0.4) is 0 Å². The van der Waals surface area contributed by atoms with Gasteiger partial charge in [-0.1, -0.05) is 60.7 Å². The lowest BCUT2D eigenvalue weighted by Gasteiger charge is -2.33. The average molecular weight is 379 g/mol. The minimum atomic E-state index is -0.838. The number of rotatable bonds is 7. The molecular formula is C22H21NO5. The van der Waals surface area contributed by atoms with Gasteiger partial charge in [-0.05, 0) is 17.2 Å². The Kier molecular flexibility index (Phi) is 5.39. The first kappa shape index (κ1) is 18.3. The molecule has 2 aromatic rings. The molecule has 6 nitrogen and oxygen atoms in total. The van der Waals surface area contributed by atoms with Gasteiger partial charge in [0.05, 0.1) is 19.6 Å². The van der Waals surface area contributed by atoms with Gasteiger partial charge < -0.3 is 14.2 Å². The fraction of sp³-hybridized carbons (Fsp3) is 0.273. The van der Waals surface area contributed by atoms with Crippen LogP contribution in [0, 0.1) is 0 Å².